The highest BCUT2D eigenvalue weighted by molar-refractivity contribution is 7.09. The number of rotatable bonds is 5. The third kappa shape index (κ3) is 4.91. The van der Waals surface area contributed by atoms with Crippen molar-refractivity contribution in [3.8, 4) is 0 Å². The third-order valence-corrected chi connectivity index (χ3v) is 5.46. The number of carbonyl (C=O) groups excluding carboxylic acids is 1. The number of nitrogens with one attached hydrogen (secondary N) is 2. The van der Waals surface area contributed by atoms with Gasteiger partial charge in [0, 0.05) is 11.6 Å². The average molecular weight is 407 g/mol. The van der Waals surface area contributed by atoms with Gasteiger partial charge in [-0.2, -0.15) is 0 Å². The van der Waals surface area contributed by atoms with Crippen molar-refractivity contribution in [2.45, 2.75) is 44.7 Å². The highest BCUT2D eigenvalue weighted by Gasteiger charge is 2.30. The zero-order valence-electron chi connectivity index (χ0n) is 14.3. The third-order valence-electron chi connectivity index (χ3n) is 4.43. The van der Waals surface area contributed by atoms with Crippen molar-refractivity contribution in [1.29, 1.82) is 0 Å². The van der Waals surface area contributed by atoms with Crippen molar-refractivity contribution >= 4 is 42.1 Å². The Morgan fingerprint density at radius 1 is 1.44 bits per heavy atom. The summed E-state index contributed by atoms with van der Waals surface area (Å²) in [6, 6.07) is 0.321. The molecule has 0 radical (unpaired) electrons. The summed E-state index contributed by atoms with van der Waals surface area (Å²) in [5.41, 5.74) is -0.121. The van der Waals surface area contributed by atoms with Crippen LogP contribution in [0.2, 0.25) is 0 Å². The van der Waals surface area contributed by atoms with Crippen LogP contribution in [0.1, 0.15) is 54.6 Å². The predicted molar refractivity (Wildman–Crippen MR) is 103 cm³/mol. The minimum absolute atomic E-state index is 0. The molecule has 1 saturated heterocycles. The summed E-state index contributed by atoms with van der Waals surface area (Å²) in [4.78, 5) is 16.9. The molecule has 0 aliphatic carbocycles. The van der Waals surface area contributed by atoms with Gasteiger partial charge in [0.05, 0.1) is 17.8 Å². The SMILES string of the molecule is CCC(C)(NC(=O)c1cn(C2CCNCC2)nn1)c1nccs1.Cl.Cl. The molecular weight excluding hydrogens is 383 g/mol. The van der Waals surface area contributed by atoms with E-state index in [1.807, 2.05) is 23.9 Å². The Balaban J connectivity index is 0.00000156. The maximum atomic E-state index is 12.5. The van der Waals surface area contributed by atoms with Crippen molar-refractivity contribution in [2.75, 3.05) is 13.1 Å². The molecule has 0 aromatic carbocycles. The first-order chi connectivity index (χ1) is 11.1. The van der Waals surface area contributed by atoms with Crippen LogP contribution in [0.15, 0.2) is 17.8 Å². The van der Waals surface area contributed by atoms with Crippen molar-refractivity contribution in [1.82, 2.24) is 30.6 Å². The minimum atomic E-state index is -0.482. The van der Waals surface area contributed by atoms with E-state index in [1.165, 1.54) is 0 Å². The van der Waals surface area contributed by atoms with Gasteiger partial charge in [-0.05, 0) is 39.3 Å². The molecule has 1 amide bonds. The Morgan fingerprint density at radius 3 is 2.76 bits per heavy atom. The molecule has 0 bridgehead atoms. The summed E-state index contributed by atoms with van der Waals surface area (Å²) in [5.74, 6) is -0.204. The first kappa shape index (κ1) is 21.8. The Kier molecular flexibility index (Phi) is 8.27. The molecule has 140 valence electrons. The first-order valence-corrected chi connectivity index (χ1v) is 8.85. The standard InChI is InChI=1S/C15H22N6OS.2ClH/c1-3-15(2,14-17-8-9-23-14)18-13(22)12-10-21(20-19-12)11-4-6-16-7-5-11;;/h8-11,16H,3-7H2,1-2H3,(H,18,22);2*1H. The number of amides is 1. The van der Waals surface area contributed by atoms with Crippen LogP contribution in [-0.2, 0) is 5.54 Å². The van der Waals surface area contributed by atoms with E-state index < -0.39 is 5.54 Å². The van der Waals surface area contributed by atoms with Gasteiger partial charge in [0.1, 0.15) is 5.01 Å². The average Bonchev–Trinajstić information content (AvgIpc) is 3.27. The second-order valence-electron chi connectivity index (χ2n) is 6.04. The van der Waals surface area contributed by atoms with E-state index in [0.29, 0.717) is 11.7 Å². The second kappa shape index (κ2) is 9.47. The van der Waals surface area contributed by atoms with Crippen LogP contribution in [0.5, 0.6) is 0 Å². The fourth-order valence-corrected chi connectivity index (χ4v) is 3.56. The predicted octanol–water partition coefficient (Wildman–Crippen LogP) is 2.56. The maximum absolute atomic E-state index is 12.5. The summed E-state index contributed by atoms with van der Waals surface area (Å²) < 4.78 is 1.82. The molecule has 1 atom stereocenters. The molecule has 1 aliphatic heterocycles. The van der Waals surface area contributed by atoms with Gasteiger partial charge in [-0.15, -0.1) is 41.2 Å². The molecule has 2 aromatic rings. The lowest BCUT2D eigenvalue weighted by Crippen LogP contribution is -2.43. The molecule has 2 N–H and O–H groups in total. The fraction of sp³-hybridized carbons (Fsp3) is 0.600. The molecule has 1 fully saturated rings. The monoisotopic (exact) mass is 406 g/mol. The molecule has 1 unspecified atom stereocenters. The quantitative estimate of drug-likeness (QED) is 0.796. The number of hydrogen-bond acceptors (Lipinski definition) is 6. The van der Waals surface area contributed by atoms with Crippen LogP contribution in [-0.4, -0.2) is 39.0 Å². The molecule has 3 rings (SSSR count). The van der Waals surface area contributed by atoms with E-state index in [9.17, 15) is 4.79 Å². The highest BCUT2D eigenvalue weighted by Crippen LogP contribution is 2.26. The molecule has 7 nitrogen and oxygen atoms in total. The Hall–Kier alpha value is -1.22. The normalized spacial score (nSPS) is 17.0. The molecule has 25 heavy (non-hydrogen) atoms. The van der Waals surface area contributed by atoms with Crippen LogP contribution in [0.3, 0.4) is 0 Å². The molecule has 1 aliphatic rings. The van der Waals surface area contributed by atoms with E-state index in [1.54, 1.807) is 23.7 Å². The van der Waals surface area contributed by atoms with Gasteiger partial charge in [0.15, 0.2) is 5.69 Å². The fourth-order valence-electron chi connectivity index (χ4n) is 2.73. The second-order valence-corrected chi connectivity index (χ2v) is 6.94. The van der Waals surface area contributed by atoms with E-state index >= 15 is 0 Å². The lowest BCUT2D eigenvalue weighted by molar-refractivity contribution is 0.0896. The van der Waals surface area contributed by atoms with Crippen LogP contribution < -0.4 is 10.6 Å². The van der Waals surface area contributed by atoms with Gasteiger partial charge >= 0.3 is 0 Å². The van der Waals surface area contributed by atoms with E-state index in [2.05, 4.69) is 25.9 Å². The number of nitrogens with zero attached hydrogens (tertiary/aromatic N) is 4. The van der Waals surface area contributed by atoms with E-state index in [-0.39, 0.29) is 30.7 Å². The van der Waals surface area contributed by atoms with Crippen LogP contribution in [0.4, 0.5) is 0 Å². The molecule has 10 heteroatoms. The number of thiazole rings is 1. The summed E-state index contributed by atoms with van der Waals surface area (Å²) in [6.07, 6.45) is 6.29. The van der Waals surface area contributed by atoms with Crippen molar-refractivity contribution in [3.05, 3.63) is 28.5 Å². The Morgan fingerprint density at radius 2 is 2.16 bits per heavy atom. The van der Waals surface area contributed by atoms with Gasteiger partial charge in [0.25, 0.3) is 5.91 Å². The summed E-state index contributed by atoms with van der Waals surface area (Å²) in [6.45, 7) is 5.97. The topological polar surface area (TPSA) is 84.7 Å². The van der Waals surface area contributed by atoms with Gasteiger partial charge in [-0.1, -0.05) is 12.1 Å². The summed E-state index contributed by atoms with van der Waals surface area (Å²) in [5, 5.41) is 17.4. The van der Waals surface area contributed by atoms with Crippen LogP contribution >= 0.6 is 36.2 Å². The zero-order valence-corrected chi connectivity index (χ0v) is 16.7. The largest absolute Gasteiger partial charge is 0.339 e. The number of aromatic nitrogens is 4. The van der Waals surface area contributed by atoms with E-state index in [0.717, 1.165) is 37.4 Å². The number of halogens is 2. The number of piperidine rings is 1. The number of carbonyl (C=O) groups is 1. The van der Waals surface area contributed by atoms with Crippen molar-refractivity contribution < 1.29 is 4.79 Å². The van der Waals surface area contributed by atoms with Gasteiger partial charge in [0.2, 0.25) is 0 Å². The minimum Gasteiger partial charge on any atom is -0.339 e. The smallest absolute Gasteiger partial charge is 0.274 e. The molecule has 3 heterocycles. The van der Waals surface area contributed by atoms with Gasteiger partial charge in [-0.3, -0.25) is 4.79 Å². The summed E-state index contributed by atoms with van der Waals surface area (Å²) in [7, 11) is 0. The Bertz CT molecular complexity index is 659. The number of hydrogen-bond donors (Lipinski definition) is 2. The molecule has 0 spiro atoms. The van der Waals surface area contributed by atoms with Crippen LogP contribution in [0.25, 0.3) is 0 Å². The maximum Gasteiger partial charge on any atom is 0.274 e. The van der Waals surface area contributed by atoms with Gasteiger partial charge < -0.3 is 10.6 Å². The molecule has 0 saturated carbocycles. The zero-order chi connectivity index (χ0) is 16.3. The first-order valence-electron chi connectivity index (χ1n) is 7.97. The molecular formula is C15H24Cl2N6OS. The van der Waals surface area contributed by atoms with E-state index in [4.69, 9.17) is 0 Å². The van der Waals surface area contributed by atoms with Crippen molar-refractivity contribution in [3.63, 3.8) is 0 Å². The Labute approximate surface area is 163 Å². The van der Waals surface area contributed by atoms with Crippen molar-refractivity contribution in [2.24, 2.45) is 0 Å². The highest BCUT2D eigenvalue weighted by atomic mass is 35.5. The van der Waals surface area contributed by atoms with Crippen LogP contribution in [0, 0.1) is 0 Å². The van der Waals surface area contributed by atoms with Gasteiger partial charge in [-0.25, -0.2) is 9.67 Å². The lowest BCUT2D eigenvalue weighted by Gasteiger charge is -2.26. The molecule has 2 aromatic heterocycles. The summed E-state index contributed by atoms with van der Waals surface area (Å²) >= 11 is 1.55. The lowest BCUT2D eigenvalue weighted by atomic mass is 9.99.